The molecule has 0 saturated carbocycles. The van der Waals surface area contributed by atoms with Gasteiger partial charge in [-0.25, -0.2) is 4.79 Å². The number of fused-ring (bicyclic) bond motifs is 4. The van der Waals surface area contributed by atoms with Gasteiger partial charge in [-0.1, -0.05) is 11.6 Å². The second-order valence-electron chi connectivity index (χ2n) is 6.33. The van der Waals surface area contributed by atoms with Gasteiger partial charge < -0.3 is 19.4 Å². The number of nitrogens with one attached hydrogen (secondary N) is 2. The maximum atomic E-state index is 12.8. The number of rotatable bonds is 2. The first-order chi connectivity index (χ1) is 13.1. The number of nitrogens with zero attached hydrogens (tertiary/aromatic N) is 2. The van der Waals surface area contributed by atoms with Crippen LogP contribution < -0.4 is 20.7 Å². The number of benzene rings is 2. The molecule has 5 rings (SSSR count). The normalized spacial score (nSPS) is 13.2. The number of hydrogen-bond acceptors (Lipinski definition) is 5. The van der Waals surface area contributed by atoms with Crippen LogP contribution in [0.5, 0.6) is 11.5 Å². The lowest BCUT2D eigenvalue weighted by molar-refractivity contribution is 0.174. The largest absolute Gasteiger partial charge is 0.454 e. The van der Waals surface area contributed by atoms with Gasteiger partial charge >= 0.3 is 11.2 Å². The third kappa shape index (κ3) is 2.42. The Balaban J connectivity index is 1.64. The van der Waals surface area contributed by atoms with Crippen LogP contribution in [0.15, 0.2) is 51.1 Å². The predicted molar refractivity (Wildman–Crippen MR) is 101 cm³/mol. The Morgan fingerprint density at radius 2 is 1.89 bits per heavy atom. The van der Waals surface area contributed by atoms with Gasteiger partial charge in [0.15, 0.2) is 11.5 Å². The van der Waals surface area contributed by atoms with E-state index in [9.17, 15) is 9.59 Å². The van der Waals surface area contributed by atoms with E-state index in [1.807, 2.05) is 25.1 Å². The molecule has 4 aromatic rings. The van der Waals surface area contributed by atoms with E-state index in [4.69, 9.17) is 9.47 Å². The van der Waals surface area contributed by atoms with E-state index in [2.05, 4.69) is 15.1 Å². The van der Waals surface area contributed by atoms with Crippen molar-refractivity contribution < 1.29 is 9.47 Å². The minimum Gasteiger partial charge on any atom is -0.454 e. The molecule has 1 aliphatic rings. The Bertz CT molecular complexity index is 1360. The van der Waals surface area contributed by atoms with Crippen LogP contribution >= 0.6 is 0 Å². The molecule has 2 aromatic heterocycles. The minimum absolute atomic E-state index is 0.172. The molecule has 0 atom stereocenters. The average Bonchev–Trinajstić information content (AvgIpc) is 3.26. The molecule has 0 aliphatic carbocycles. The van der Waals surface area contributed by atoms with Gasteiger partial charge in [-0.2, -0.15) is 5.10 Å². The Kier molecular flexibility index (Phi) is 3.20. The molecule has 0 fully saturated rings. The van der Waals surface area contributed by atoms with Crippen LogP contribution in [0.3, 0.4) is 0 Å². The standard InChI is InChI=1S/C19H14N4O4/c1-10-2-4-13-12(6-10)16-17(21-13)18(24)23(19(25)22-16)20-8-11-3-5-14-15(7-11)27-9-26-14/h2-8,21H,9H2,1H3,(H,22,25)/b20-8-. The second-order valence-corrected chi connectivity index (χ2v) is 6.33. The Morgan fingerprint density at radius 1 is 1.04 bits per heavy atom. The van der Waals surface area contributed by atoms with Crippen LogP contribution in [0.25, 0.3) is 21.9 Å². The summed E-state index contributed by atoms with van der Waals surface area (Å²) >= 11 is 0. The van der Waals surface area contributed by atoms with Gasteiger partial charge in [0, 0.05) is 10.9 Å². The molecule has 0 amide bonds. The summed E-state index contributed by atoms with van der Waals surface area (Å²) in [5.41, 5.74) is 2.16. The molecule has 0 spiro atoms. The fourth-order valence-electron chi connectivity index (χ4n) is 3.18. The van der Waals surface area contributed by atoms with Crippen molar-refractivity contribution in [3.05, 3.63) is 68.4 Å². The molecule has 27 heavy (non-hydrogen) atoms. The zero-order valence-corrected chi connectivity index (χ0v) is 14.3. The van der Waals surface area contributed by atoms with E-state index >= 15 is 0 Å². The predicted octanol–water partition coefficient (Wildman–Crippen LogP) is 2.09. The summed E-state index contributed by atoms with van der Waals surface area (Å²) < 4.78 is 11.4. The Hall–Kier alpha value is -3.81. The monoisotopic (exact) mass is 362 g/mol. The van der Waals surface area contributed by atoms with Crippen LogP contribution in [-0.2, 0) is 0 Å². The highest BCUT2D eigenvalue weighted by Crippen LogP contribution is 2.32. The molecule has 0 bridgehead atoms. The number of hydrogen-bond donors (Lipinski definition) is 2. The van der Waals surface area contributed by atoms with Crippen molar-refractivity contribution in [1.82, 2.24) is 14.6 Å². The quantitative estimate of drug-likeness (QED) is 0.533. The first-order valence-electron chi connectivity index (χ1n) is 8.31. The summed E-state index contributed by atoms with van der Waals surface area (Å²) in [6.07, 6.45) is 1.43. The van der Waals surface area contributed by atoms with Crippen molar-refractivity contribution in [2.24, 2.45) is 5.10 Å². The third-order valence-electron chi connectivity index (χ3n) is 4.50. The minimum atomic E-state index is -0.605. The van der Waals surface area contributed by atoms with Crippen molar-refractivity contribution in [3.8, 4) is 11.5 Å². The number of aryl methyl sites for hydroxylation is 1. The lowest BCUT2D eigenvalue weighted by Crippen LogP contribution is -2.32. The first-order valence-corrected chi connectivity index (χ1v) is 8.31. The molecule has 2 N–H and O–H groups in total. The molecule has 8 nitrogen and oxygen atoms in total. The van der Waals surface area contributed by atoms with E-state index in [1.165, 1.54) is 6.21 Å². The lowest BCUT2D eigenvalue weighted by atomic mass is 10.2. The maximum Gasteiger partial charge on any atom is 0.350 e. The van der Waals surface area contributed by atoms with Crippen LogP contribution in [-0.4, -0.2) is 27.7 Å². The van der Waals surface area contributed by atoms with Crippen molar-refractivity contribution in [2.45, 2.75) is 6.92 Å². The summed E-state index contributed by atoms with van der Waals surface area (Å²) in [4.78, 5) is 31.0. The van der Waals surface area contributed by atoms with Crippen LogP contribution in [0.1, 0.15) is 11.1 Å². The molecule has 1 aliphatic heterocycles. The molecule has 2 aromatic carbocycles. The molecule has 0 radical (unpaired) electrons. The molecular formula is C19H14N4O4. The summed E-state index contributed by atoms with van der Waals surface area (Å²) in [5.74, 6) is 1.25. The summed E-state index contributed by atoms with van der Waals surface area (Å²) in [6.45, 7) is 2.12. The summed E-state index contributed by atoms with van der Waals surface area (Å²) in [5, 5.41) is 4.86. The van der Waals surface area contributed by atoms with Crippen molar-refractivity contribution in [1.29, 1.82) is 0 Å². The first kappa shape index (κ1) is 15.4. The maximum absolute atomic E-state index is 12.8. The van der Waals surface area contributed by atoms with Crippen molar-refractivity contribution in [3.63, 3.8) is 0 Å². The molecule has 134 valence electrons. The van der Waals surface area contributed by atoms with E-state index in [0.717, 1.165) is 21.1 Å². The number of aromatic nitrogens is 3. The Labute approximate surface area is 151 Å². The van der Waals surface area contributed by atoms with E-state index in [0.29, 0.717) is 28.1 Å². The van der Waals surface area contributed by atoms with Gasteiger partial charge in [-0.05, 0) is 42.8 Å². The topological polar surface area (TPSA) is 101 Å². The highest BCUT2D eigenvalue weighted by atomic mass is 16.7. The van der Waals surface area contributed by atoms with Gasteiger partial charge in [0.25, 0.3) is 0 Å². The second kappa shape index (κ2) is 5.60. The fraction of sp³-hybridized carbons (Fsp3) is 0.105. The SMILES string of the molecule is Cc1ccc2[nH]c3c(=O)n(/N=C\c4ccc5c(c4)OCO5)c(=O)[nH]c3c2c1. The van der Waals surface area contributed by atoms with E-state index in [1.54, 1.807) is 18.2 Å². The summed E-state index contributed by atoms with van der Waals surface area (Å²) in [7, 11) is 0. The van der Waals surface area contributed by atoms with Crippen LogP contribution in [0, 0.1) is 6.92 Å². The van der Waals surface area contributed by atoms with Gasteiger partial charge in [-0.3, -0.25) is 4.79 Å². The zero-order valence-electron chi connectivity index (χ0n) is 14.3. The fourth-order valence-corrected chi connectivity index (χ4v) is 3.18. The molecule has 0 saturated heterocycles. The zero-order chi connectivity index (χ0) is 18.5. The molecule has 3 heterocycles. The lowest BCUT2D eigenvalue weighted by Gasteiger charge is -1.99. The highest BCUT2D eigenvalue weighted by molar-refractivity contribution is 6.04. The highest BCUT2D eigenvalue weighted by Gasteiger charge is 2.14. The van der Waals surface area contributed by atoms with Crippen LogP contribution in [0.2, 0.25) is 0 Å². The molecule has 8 heteroatoms. The third-order valence-corrected chi connectivity index (χ3v) is 4.50. The van der Waals surface area contributed by atoms with Crippen molar-refractivity contribution >= 4 is 28.2 Å². The smallest absolute Gasteiger partial charge is 0.350 e. The van der Waals surface area contributed by atoms with Gasteiger partial charge in [0.05, 0.1) is 11.7 Å². The number of aromatic amines is 2. The van der Waals surface area contributed by atoms with Crippen LogP contribution in [0.4, 0.5) is 0 Å². The Morgan fingerprint density at radius 3 is 2.78 bits per heavy atom. The molecular weight excluding hydrogens is 348 g/mol. The molecule has 0 unspecified atom stereocenters. The number of ether oxygens (including phenoxy) is 2. The van der Waals surface area contributed by atoms with E-state index < -0.39 is 11.2 Å². The van der Waals surface area contributed by atoms with Gasteiger partial charge in [0.1, 0.15) is 5.52 Å². The summed E-state index contributed by atoms with van der Waals surface area (Å²) in [6, 6.07) is 11.0. The van der Waals surface area contributed by atoms with Gasteiger partial charge in [0.2, 0.25) is 6.79 Å². The van der Waals surface area contributed by atoms with Crippen molar-refractivity contribution in [2.75, 3.05) is 6.79 Å². The van der Waals surface area contributed by atoms with E-state index in [-0.39, 0.29) is 6.79 Å². The number of H-pyrrole nitrogens is 2. The average molecular weight is 362 g/mol. The van der Waals surface area contributed by atoms with Gasteiger partial charge in [-0.15, -0.1) is 4.68 Å².